The van der Waals surface area contributed by atoms with E-state index in [4.69, 9.17) is 5.73 Å². The van der Waals surface area contributed by atoms with Crippen LogP contribution >= 0.6 is 0 Å². The van der Waals surface area contributed by atoms with Gasteiger partial charge in [-0.2, -0.15) is 0 Å². The van der Waals surface area contributed by atoms with Gasteiger partial charge in [-0.15, -0.1) is 0 Å². The van der Waals surface area contributed by atoms with Gasteiger partial charge in [-0.05, 0) is 18.9 Å². The number of rotatable bonds is 6. The number of benzene rings is 1. The molecule has 0 saturated carbocycles. The van der Waals surface area contributed by atoms with Crippen molar-refractivity contribution in [3.05, 3.63) is 47.9 Å². The molecule has 0 amide bonds. The molecular formula is C14H20N4O2S. The maximum atomic E-state index is 12.1. The lowest BCUT2D eigenvalue weighted by Gasteiger charge is -2.12. The lowest BCUT2D eigenvalue weighted by atomic mass is 10.1. The monoisotopic (exact) mass is 308 g/mol. The third-order valence-corrected chi connectivity index (χ3v) is 4.67. The third kappa shape index (κ3) is 3.90. The van der Waals surface area contributed by atoms with E-state index < -0.39 is 10.0 Å². The fourth-order valence-corrected chi connectivity index (χ4v) is 3.03. The maximum absolute atomic E-state index is 12.1. The SMILES string of the molecule is Cc1nc(S(=O)(=O)NCCC(N)c2ccccc2)cn1C. The minimum atomic E-state index is -3.58. The lowest BCUT2D eigenvalue weighted by Crippen LogP contribution is -2.27. The van der Waals surface area contributed by atoms with E-state index in [0.717, 1.165) is 5.56 Å². The molecule has 0 aliphatic carbocycles. The van der Waals surface area contributed by atoms with Crippen LogP contribution in [0, 0.1) is 6.92 Å². The summed E-state index contributed by atoms with van der Waals surface area (Å²) in [6.45, 7) is 2.03. The van der Waals surface area contributed by atoms with Crippen LogP contribution in [0.2, 0.25) is 0 Å². The number of sulfonamides is 1. The van der Waals surface area contributed by atoms with E-state index in [1.807, 2.05) is 30.3 Å². The molecule has 0 saturated heterocycles. The first kappa shape index (κ1) is 15.7. The van der Waals surface area contributed by atoms with Crippen molar-refractivity contribution in [2.24, 2.45) is 12.8 Å². The Bertz CT molecular complexity index is 676. The lowest BCUT2D eigenvalue weighted by molar-refractivity contribution is 0.566. The molecule has 1 aromatic carbocycles. The number of hydrogen-bond acceptors (Lipinski definition) is 4. The summed E-state index contributed by atoms with van der Waals surface area (Å²) in [5, 5.41) is 0.0378. The molecule has 0 radical (unpaired) electrons. The average molecular weight is 308 g/mol. The van der Waals surface area contributed by atoms with Gasteiger partial charge >= 0.3 is 0 Å². The fourth-order valence-electron chi connectivity index (χ4n) is 1.95. The van der Waals surface area contributed by atoms with Crippen molar-refractivity contribution in [1.29, 1.82) is 0 Å². The first-order valence-corrected chi connectivity index (χ1v) is 8.18. The Morgan fingerprint density at radius 1 is 1.33 bits per heavy atom. The van der Waals surface area contributed by atoms with Crippen LogP contribution in [0.1, 0.15) is 23.9 Å². The average Bonchev–Trinajstić information content (AvgIpc) is 2.80. The second kappa shape index (κ2) is 6.38. The smallest absolute Gasteiger partial charge is 0.259 e. The summed E-state index contributed by atoms with van der Waals surface area (Å²) in [5.41, 5.74) is 7.03. The number of aryl methyl sites for hydroxylation is 2. The molecule has 6 nitrogen and oxygen atoms in total. The highest BCUT2D eigenvalue weighted by Crippen LogP contribution is 2.13. The number of aromatic nitrogens is 2. The van der Waals surface area contributed by atoms with Crippen molar-refractivity contribution in [3.63, 3.8) is 0 Å². The van der Waals surface area contributed by atoms with Gasteiger partial charge < -0.3 is 10.3 Å². The van der Waals surface area contributed by atoms with E-state index in [2.05, 4.69) is 9.71 Å². The van der Waals surface area contributed by atoms with Gasteiger partial charge in [0.15, 0.2) is 5.03 Å². The minimum absolute atomic E-state index is 0.0378. The van der Waals surface area contributed by atoms with E-state index in [1.165, 1.54) is 6.20 Å². The zero-order chi connectivity index (χ0) is 15.5. The second-order valence-corrected chi connectivity index (χ2v) is 6.65. The summed E-state index contributed by atoms with van der Waals surface area (Å²) < 4.78 is 28.4. The van der Waals surface area contributed by atoms with Gasteiger partial charge in [0.05, 0.1) is 0 Å². The van der Waals surface area contributed by atoms with Gasteiger partial charge in [0.1, 0.15) is 5.82 Å². The maximum Gasteiger partial charge on any atom is 0.259 e. The summed E-state index contributed by atoms with van der Waals surface area (Å²) in [7, 11) is -1.82. The van der Waals surface area contributed by atoms with Gasteiger partial charge in [0.25, 0.3) is 10.0 Å². The van der Waals surface area contributed by atoms with E-state index in [9.17, 15) is 8.42 Å². The summed E-state index contributed by atoms with van der Waals surface area (Å²) in [6, 6.07) is 9.41. The van der Waals surface area contributed by atoms with Crippen LogP contribution in [0.25, 0.3) is 0 Å². The molecule has 7 heteroatoms. The summed E-state index contributed by atoms with van der Waals surface area (Å²) in [6.07, 6.45) is 2.02. The number of nitrogens with two attached hydrogens (primary N) is 1. The van der Waals surface area contributed by atoms with Crippen molar-refractivity contribution in [2.75, 3.05) is 6.54 Å². The molecule has 1 unspecified atom stereocenters. The first-order chi connectivity index (χ1) is 9.90. The standard InChI is InChI=1S/C14H20N4O2S/c1-11-17-14(10-18(11)2)21(19,20)16-9-8-13(15)12-6-4-3-5-7-12/h3-7,10,13,16H,8-9,15H2,1-2H3. The van der Waals surface area contributed by atoms with Crippen LogP contribution in [0.3, 0.4) is 0 Å². The van der Waals surface area contributed by atoms with E-state index in [0.29, 0.717) is 12.2 Å². The quantitative estimate of drug-likeness (QED) is 0.836. The molecule has 3 N–H and O–H groups in total. The highest BCUT2D eigenvalue weighted by Gasteiger charge is 2.18. The largest absolute Gasteiger partial charge is 0.337 e. The van der Waals surface area contributed by atoms with E-state index in [1.54, 1.807) is 18.5 Å². The van der Waals surface area contributed by atoms with E-state index >= 15 is 0 Å². The molecule has 0 fully saturated rings. The van der Waals surface area contributed by atoms with Crippen molar-refractivity contribution in [1.82, 2.24) is 14.3 Å². The van der Waals surface area contributed by atoms with Crippen LogP contribution in [-0.4, -0.2) is 24.5 Å². The van der Waals surface area contributed by atoms with Crippen molar-refractivity contribution in [3.8, 4) is 0 Å². The molecule has 21 heavy (non-hydrogen) atoms. The molecule has 2 rings (SSSR count). The molecule has 0 spiro atoms. The topological polar surface area (TPSA) is 90.0 Å². The summed E-state index contributed by atoms with van der Waals surface area (Å²) in [4.78, 5) is 4.02. The normalized spacial score (nSPS) is 13.3. The number of hydrogen-bond donors (Lipinski definition) is 2. The van der Waals surface area contributed by atoms with Crippen LogP contribution in [-0.2, 0) is 17.1 Å². The number of imidazole rings is 1. The van der Waals surface area contributed by atoms with Crippen LogP contribution in [0.4, 0.5) is 0 Å². The molecular weight excluding hydrogens is 288 g/mol. The Morgan fingerprint density at radius 3 is 2.57 bits per heavy atom. The van der Waals surface area contributed by atoms with Crippen LogP contribution in [0.15, 0.2) is 41.6 Å². The minimum Gasteiger partial charge on any atom is -0.337 e. The Balaban J connectivity index is 1.93. The van der Waals surface area contributed by atoms with Gasteiger partial charge in [0, 0.05) is 25.8 Å². The Morgan fingerprint density at radius 2 is 2.00 bits per heavy atom. The Kier molecular flexibility index (Phi) is 4.76. The first-order valence-electron chi connectivity index (χ1n) is 6.70. The summed E-state index contributed by atoms with van der Waals surface area (Å²) >= 11 is 0. The third-order valence-electron chi connectivity index (χ3n) is 3.34. The predicted molar refractivity (Wildman–Crippen MR) is 81.1 cm³/mol. The van der Waals surface area contributed by atoms with Crippen molar-refractivity contribution >= 4 is 10.0 Å². The van der Waals surface area contributed by atoms with Crippen LogP contribution < -0.4 is 10.5 Å². The summed E-state index contributed by atoms with van der Waals surface area (Å²) in [5.74, 6) is 0.649. The molecule has 0 bridgehead atoms. The highest BCUT2D eigenvalue weighted by atomic mass is 32.2. The fraction of sp³-hybridized carbons (Fsp3) is 0.357. The van der Waals surface area contributed by atoms with Crippen LogP contribution in [0.5, 0.6) is 0 Å². The molecule has 1 heterocycles. The Labute approximate surface area is 125 Å². The molecule has 0 aliphatic rings. The molecule has 1 aromatic heterocycles. The van der Waals surface area contributed by atoms with Gasteiger partial charge in [-0.25, -0.2) is 18.1 Å². The molecule has 2 aromatic rings. The van der Waals surface area contributed by atoms with Gasteiger partial charge in [-0.1, -0.05) is 30.3 Å². The number of nitrogens with zero attached hydrogens (tertiary/aromatic N) is 2. The molecule has 1 atom stereocenters. The van der Waals surface area contributed by atoms with Crippen molar-refractivity contribution in [2.45, 2.75) is 24.4 Å². The Hall–Kier alpha value is -1.70. The zero-order valence-electron chi connectivity index (χ0n) is 12.2. The predicted octanol–water partition coefficient (Wildman–Crippen LogP) is 1.10. The van der Waals surface area contributed by atoms with E-state index in [-0.39, 0.29) is 17.6 Å². The van der Waals surface area contributed by atoms with Gasteiger partial charge in [-0.3, -0.25) is 0 Å². The van der Waals surface area contributed by atoms with Gasteiger partial charge in [0.2, 0.25) is 0 Å². The molecule has 114 valence electrons. The highest BCUT2D eigenvalue weighted by molar-refractivity contribution is 7.89. The molecule has 0 aliphatic heterocycles. The second-order valence-electron chi connectivity index (χ2n) is 4.94. The zero-order valence-corrected chi connectivity index (χ0v) is 13.0. The van der Waals surface area contributed by atoms with Crippen molar-refractivity contribution < 1.29 is 8.42 Å². The number of nitrogens with one attached hydrogen (secondary N) is 1.